The minimum absolute atomic E-state index is 0.317. The first-order valence-electron chi connectivity index (χ1n) is 11.7. The number of fused-ring (bicyclic) bond motifs is 1. The highest BCUT2D eigenvalue weighted by Gasteiger charge is 2.24. The van der Waals surface area contributed by atoms with Gasteiger partial charge in [-0.05, 0) is 81.2 Å². The van der Waals surface area contributed by atoms with Crippen molar-refractivity contribution < 1.29 is 14.1 Å². The van der Waals surface area contributed by atoms with Gasteiger partial charge in [-0.3, -0.25) is 14.7 Å². The van der Waals surface area contributed by atoms with Gasteiger partial charge in [-0.1, -0.05) is 60.3 Å². The summed E-state index contributed by atoms with van der Waals surface area (Å²) in [6.07, 6.45) is 0. The van der Waals surface area contributed by atoms with Crippen molar-refractivity contribution in [1.29, 1.82) is 0 Å². The van der Waals surface area contributed by atoms with Crippen LogP contribution < -0.4 is 4.74 Å². The number of aromatic nitrogens is 3. The maximum atomic E-state index is 13.5. The third-order valence-electron chi connectivity index (χ3n) is 6.03. The summed E-state index contributed by atoms with van der Waals surface area (Å²) < 4.78 is 22.0. The maximum absolute atomic E-state index is 13.5. The summed E-state index contributed by atoms with van der Waals surface area (Å²) in [6.45, 7) is 1.84. The lowest BCUT2D eigenvalue weighted by Gasteiger charge is -2.16. The molecule has 0 spiro atoms. The van der Waals surface area contributed by atoms with Crippen LogP contribution in [0.5, 0.6) is 5.75 Å². The van der Waals surface area contributed by atoms with Crippen LogP contribution in [0.2, 0.25) is 0 Å². The molecular formula is C28H22BrFN4O3S. The zero-order valence-corrected chi connectivity index (χ0v) is 22.7. The molecule has 5 aromatic rings. The SMILES string of the molecule is Cc1nnc(S[C@H](C[N+](=O)[O-])c2ccc(OCc3cccc4ccccc34)c(Br)c2)n1-c1ccc(F)cc1. The molecule has 10 heteroatoms. The molecule has 0 radical (unpaired) electrons. The van der Waals surface area contributed by atoms with Crippen molar-refractivity contribution in [2.24, 2.45) is 0 Å². The Hall–Kier alpha value is -3.76. The van der Waals surface area contributed by atoms with Crippen molar-refractivity contribution in [2.75, 3.05) is 6.54 Å². The number of hydrogen-bond acceptors (Lipinski definition) is 6. The Morgan fingerprint density at radius 2 is 1.82 bits per heavy atom. The van der Waals surface area contributed by atoms with Crippen molar-refractivity contribution in [3.05, 3.63) is 122 Å². The average Bonchev–Trinajstić information content (AvgIpc) is 3.27. The summed E-state index contributed by atoms with van der Waals surface area (Å²) >= 11 is 4.81. The normalized spacial score (nSPS) is 12.0. The topological polar surface area (TPSA) is 83.1 Å². The Morgan fingerprint density at radius 1 is 1.05 bits per heavy atom. The Kier molecular flexibility index (Phi) is 7.71. The summed E-state index contributed by atoms with van der Waals surface area (Å²) in [4.78, 5) is 11.2. The number of thioether (sulfide) groups is 1. The highest BCUT2D eigenvalue weighted by atomic mass is 79.9. The van der Waals surface area contributed by atoms with Gasteiger partial charge < -0.3 is 4.74 Å². The summed E-state index contributed by atoms with van der Waals surface area (Å²) in [5, 5.41) is 22.2. The molecule has 5 rings (SSSR count). The Labute approximate surface area is 230 Å². The number of nitro groups is 1. The molecule has 0 saturated carbocycles. The Morgan fingerprint density at radius 3 is 2.58 bits per heavy atom. The van der Waals surface area contributed by atoms with Gasteiger partial charge in [0.05, 0.1) is 4.47 Å². The molecule has 4 aromatic carbocycles. The van der Waals surface area contributed by atoms with E-state index in [4.69, 9.17) is 4.74 Å². The predicted molar refractivity (Wildman–Crippen MR) is 149 cm³/mol. The van der Waals surface area contributed by atoms with Crippen LogP contribution in [0.1, 0.15) is 22.2 Å². The molecule has 0 aliphatic carbocycles. The van der Waals surface area contributed by atoms with Gasteiger partial charge >= 0.3 is 0 Å². The summed E-state index contributed by atoms with van der Waals surface area (Å²) in [7, 11) is 0. The van der Waals surface area contributed by atoms with E-state index in [-0.39, 0.29) is 17.3 Å². The second-order valence-corrected chi connectivity index (χ2v) is 10.6. The minimum Gasteiger partial charge on any atom is -0.488 e. The van der Waals surface area contributed by atoms with Crippen molar-refractivity contribution in [1.82, 2.24) is 14.8 Å². The smallest absolute Gasteiger partial charge is 0.220 e. The lowest BCUT2D eigenvalue weighted by molar-refractivity contribution is -0.479. The van der Waals surface area contributed by atoms with Crippen LogP contribution in [0.15, 0.2) is 94.6 Å². The van der Waals surface area contributed by atoms with Crippen molar-refractivity contribution in [2.45, 2.75) is 23.9 Å². The molecule has 7 nitrogen and oxygen atoms in total. The van der Waals surface area contributed by atoms with Crippen molar-refractivity contribution in [3.63, 3.8) is 0 Å². The monoisotopic (exact) mass is 592 g/mol. The third kappa shape index (κ3) is 5.71. The van der Waals surface area contributed by atoms with Crippen LogP contribution in [-0.4, -0.2) is 26.2 Å². The number of nitrogens with zero attached hydrogens (tertiary/aromatic N) is 4. The quantitative estimate of drug-likeness (QED) is 0.101. The molecule has 0 saturated heterocycles. The van der Waals surface area contributed by atoms with E-state index in [0.717, 1.165) is 21.9 Å². The standard InChI is InChI=1S/C28H22BrFN4O3S/c1-18-31-32-28(34(18)23-12-10-22(30)11-13-23)38-27(16-33(35)36)20-9-14-26(25(29)15-20)37-17-21-7-4-6-19-5-2-3-8-24(19)21/h2-15,27H,16-17H2,1H3/t27-/m1/s1. The maximum Gasteiger partial charge on any atom is 0.220 e. The second kappa shape index (κ2) is 11.3. The lowest BCUT2D eigenvalue weighted by Crippen LogP contribution is -2.11. The third-order valence-corrected chi connectivity index (χ3v) is 7.83. The van der Waals surface area contributed by atoms with Crippen molar-refractivity contribution >= 4 is 38.5 Å². The molecular weight excluding hydrogens is 571 g/mol. The van der Waals surface area contributed by atoms with Crippen LogP contribution in [0, 0.1) is 22.9 Å². The fraction of sp³-hybridized carbons (Fsp3) is 0.143. The van der Waals surface area contributed by atoms with Crippen LogP contribution >= 0.6 is 27.7 Å². The summed E-state index contributed by atoms with van der Waals surface area (Å²) in [5.41, 5.74) is 2.48. The van der Waals surface area contributed by atoms with E-state index in [1.165, 1.54) is 23.9 Å². The summed E-state index contributed by atoms with van der Waals surface area (Å²) in [5.74, 6) is 0.877. The first-order chi connectivity index (χ1) is 18.4. The largest absolute Gasteiger partial charge is 0.488 e. The molecule has 0 aliphatic rings. The van der Waals surface area contributed by atoms with Crippen LogP contribution in [-0.2, 0) is 6.61 Å². The molecule has 0 bridgehead atoms. The Bertz CT molecular complexity index is 1600. The molecule has 0 N–H and O–H groups in total. The molecule has 38 heavy (non-hydrogen) atoms. The van der Waals surface area contributed by atoms with E-state index in [0.29, 0.717) is 33.5 Å². The number of ether oxygens (including phenoxy) is 1. The molecule has 0 aliphatic heterocycles. The first kappa shape index (κ1) is 25.9. The van der Waals surface area contributed by atoms with Crippen LogP contribution in [0.3, 0.4) is 0 Å². The first-order valence-corrected chi connectivity index (χ1v) is 13.4. The second-order valence-electron chi connectivity index (χ2n) is 8.58. The number of halogens is 2. The van der Waals surface area contributed by atoms with Gasteiger partial charge in [0.1, 0.15) is 29.2 Å². The number of rotatable bonds is 9. The highest BCUT2D eigenvalue weighted by Crippen LogP contribution is 2.39. The Balaban J connectivity index is 1.38. The van der Waals surface area contributed by atoms with Gasteiger partial charge in [-0.25, -0.2) is 4.39 Å². The van der Waals surface area contributed by atoms with E-state index in [2.05, 4.69) is 44.3 Å². The van der Waals surface area contributed by atoms with Gasteiger partial charge in [-0.2, -0.15) is 0 Å². The lowest BCUT2D eigenvalue weighted by atomic mass is 10.1. The molecule has 1 aromatic heterocycles. The average molecular weight is 593 g/mol. The van der Waals surface area contributed by atoms with E-state index in [9.17, 15) is 14.5 Å². The minimum atomic E-state index is -0.545. The highest BCUT2D eigenvalue weighted by molar-refractivity contribution is 9.10. The molecule has 1 atom stereocenters. The van der Waals surface area contributed by atoms with Crippen LogP contribution in [0.25, 0.3) is 16.5 Å². The molecule has 1 heterocycles. The zero-order valence-electron chi connectivity index (χ0n) is 20.3. The van der Waals surface area contributed by atoms with E-state index < -0.39 is 5.25 Å². The fourth-order valence-electron chi connectivity index (χ4n) is 4.19. The number of benzene rings is 4. The van der Waals surface area contributed by atoms with E-state index in [1.807, 2.05) is 42.5 Å². The zero-order chi connectivity index (χ0) is 26.6. The van der Waals surface area contributed by atoms with Gasteiger partial charge in [0, 0.05) is 10.6 Å². The molecule has 0 amide bonds. The van der Waals surface area contributed by atoms with Crippen LogP contribution in [0.4, 0.5) is 4.39 Å². The number of aryl methyl sites for hydroxylation is 1. The van der Waals surface area contributed by atoms with Crippen molar-refractivity contribution in [3.8, 4) is 11.4 Å². The van der Waals surface area contributed by atoms with Gasteiger partial charge in [0.15, 0.2) is 5.16 Å². The molecule has 0 unspecified atom stereocenters. The molecule has 0 fully saturated rings. The number of hydrogen-bond donors (Lipinski definition) is 0. The van der Waals surface area contributed by atoms with E-state index >= 15 is 0 Å². The summed E-state index contributed by atoms with van der Waals surface area (Å²) in [6, 6.07) is 25.7. The fourth-order valence-corrected chi connectivity index (χ4v) is 5.86. The van der Waals surface area contributed by atoms with Gasteiger partial charge in [0.25, 0.3) is 0 Å². The predicted octanol–water partition coefficient (Wildman–Crippen LogP) is 7.32. The van der Waals surface area contributed by atoms with Gasteiger partial charge in [0.2, 0.25) is 6.54 Å². The van der Waals surface area contributed by atoms with Gasteiger partial charge in [-0.15, -0.1) is 10.2 Å². The van der Waals surface area contributed by atoms with E-state index in [1.54, 1.807) is 23.6 Å². The molecule has 192 valence electrons.